The number of aryl methyl sites for hydroxylation is 2. The predicted molar refractivity (Wildman–Crippen MR) is 105 cm³/mol. The Morgan fingerprint density at radius 3 is 1.76 bits per heavy atom. The van der Waals surface area contributed by atoms with Gasteiger partial charge in [-0.1, -0.05) is 77.9 Å². The number of benzene rings is 3. The van der Waals surface area contributed by atoms with Gasteiger partial charge in [-0.3, -0.25) is 4.79 Å². The van der Waals surface area contributed by atoms with Gasteiger partial charge in [-0.25, -0.2) is 0 Å². The molecule has 0 fully saturated rings. The van der Waals surface area contributed by atoms with Crippen LogP contribution in [-0.2, 0) is 0 Å². The molecule has 2 heteroatoms. The highest BCUT2D eigenvalue weighted by Crippen LogP contribution is 2.35. The summed E-state index contributed by atoms with van der Waals surface area (Å²) >= 11 is 0. The number of fused-ring (bicyclic) bond motifs is 1. The molecule has 0 aliphatic carbocycles. The van der Waals surface area contributed by atoms with E-state index in [1.54, 1.807) is 0 Å². The third kappa shape index (κ3) is 2.76. The molecular weight excluding hydrogens is 306 g/mol. The molecule has 122 valence electrons. The van der Waals surface area contributed by atoms with Gasteiger partial charge in [0.1, 0.15) is 0 Å². The van der Waals surface area contributed by atoms with Gasteiger partial charge in [0.15, 0.2) is 0 Å². The van der Waals surface area contributed by atoms with E-state index in [4.69, 9.17) is 0 Å². The van der Waals surface area contributed by atoms with Crippen molar-refractivity contribution >= 4 is 10.8 Å². The Hall–Kier alpha value is -3.13. The topological polar surface area (TPSA) is 32.9 Å². The van der Waals surface area contributed by atoms with Crippen LogP contribution >= 0.6 is 0 Å². The molecule has 3 aromatic carbocycles. The summed E-state index contributed by atoms with van der Waals surface area (Å²) in [6.07, 6.45) is 0. The number of H-pyrrole nitrogens is 1. The van der Waals surface area contributed by atoms with Crippen molar-refractivity contribution in [3.8, 4) is 22.4 Å². The average molecular weight is 325 g/mol. The van der Waals surface area contributed by atoms with Gasteiger partial charge < -0.3 is 4.98 Å². The van der Waals surface area contributed by atoms with Crippen LogP contribution in [-0.4, -0.2) is 4.98 Å². The quantitative estimate of drug-likeness (QED) is 0.520. The number of rotatable bonds is 2. The zero-order valence-corrected chi connectivity index (χ0v) is 14.3. The van der Waals surface area contributed by atoms with Gasteiger partial charge in [0.2, 0.25) is 0 Å². The Balaban J connectivity index is 2.11. The maximum Gasteiger partial charge on any atom is 0.256 e. The van der Waals surface area contributed by atoms with Crippen LogP contribution in [0, 0.1) is 13.8 Å². The van der Waals surface area contributed by atoms with Crippen LogP contribution in [0.15, 0.2) is 77.6 Å². The zero-order valence-electron chi connectivity index (χ0n) is 14.3. The van der Waals surface area contributed by atoms with Crippen molar-refractivity contribution in [1.29, 1.82) is 0 Å². The molecule has 0 atom stereocenters. The molecule has 0 amide bonds. The van der Waals surface area contributed by atoms with Crippen molar-refractivity contribution in [2.75, 3.05) is 0 Å². The van der Waals surface area contributed by atoms with Crippen LogP contribution in [0.4, 0.5) is 0 Å². The second-order valence-corrected chi connectivity index (χ2v) is 6.48. The highest BCUT2D eigenvalue weighted by Gasteiger charge is 2.14. The van der Waals surface area contributed by atoms with E-state index in [1.165, 1.54) is 11.1 Å². The summed E-state index contributed by atoms with van der Waals surface area (Å²) in [5.74, 6) is 0. The Morgan fingerprint density at radius 2 is 1.16 bits per heavy atom. The fraction of sp³-hybridized carbons (Fsp3) is 0.0870. The number of hydrogen-bond donors (Lipinski definition) is 1. The van der Waals surface area contributed by atoms with Crippen molar-refractivity contribution in [3.63, 3.8) is 0 Å². The first-order valence-corrected chi connectivity index (χ1v) is 8.42. The molecule has 0 spiro atoms. The lowest BCUT2D eigenvalue weighted by atomic mass is 9.93. The van der Waals surface area contributed by atoms with E-state index in [-0.39, 0.29) is 5.56 Å². The summed E-state index contributed by atoms with van der Waals surface area (Å²) in [6.45, 7) is 4.14. The van der Waals surface area contributed by atoms with Crippen LogP contribution in [0.3, 0.4) is 0 Å². The summed E-state index contributed by atoms with van der Waals surface area (Å²) in [7, 11) is 0. The second-order valence-electron chi connectivity index (χ2n) is 6.48. The summed E-state index contributed by atoms with van der Waals surface area (Å²) in [5.41, 5.74) is 6.42. The molecule has 0 saturated heterocycles. The Bertz CT molecular complexity index is 1100. The fourth-order valence-corrected chi connectivity index (χ4v) is 3.23. The maximum absolute atomic E-state index is 12.6. The van der Waals surface area contributed by atoms with E-state index in [2.05, 4.69) is 67.4 Å². The number of nitrogens with one attached hydrogen (secondary N) is 1. The van der Waals surface area contributed by atoms with Crippen LogP contribution in [0.1, 0.15) is 11.1 Å². The third-order valence-corrected chi connectivity index (χ3v) is 4.61. The van der Waals surface area contributed by atoms with Gasteiger partial charge in [-0.15, -0.1) is 0 Å². The van der Waals surface area contributed by atoms with E-state index in [0.29, 0.717) is 5.39 Å². The van der Waals surface area contributed by atoms with Gasteiger partial charge in [0.05, 0.1) is 5.69 Å². The lowest BCUT2D eigenvalue weighted by Crippen LogP contribution is -2.09. The summed E-state index contributed by atoms with van der Waals surface area (Å²) in [4.78, 5) is 15.7. The fourth-order valence-electron chi connectivity index (χ4n) is 3.23. The van der Waals surface area contributed by atoms with Crippen molar-refractivity contribution < 1.29 is 0 Å². The molecule has 0 aliphatic heterocycles. The predicted octanol–water partition coefficient (Wildman–Crippen LogP) is 5.48. The smallest absolute Gasteiger partial charge is 0.256 e. The van der Waals surface area contributed by atoms with Gasteiger partial charge in [-0.2, -0.15) is 0 Å². The minimum Gasteiger partial charge on any atom is -0.321 e. The molecule has 0 bridgehead atoms. The Labute approximate surface area is 146 Å². The Morgan fingerprint density at radius 1 is 0.640 bits per heavy atom. The van der Waals surface area contributed by atoms with Crippen molar-refractivity contribution in [1.82, 2.24) is 4.98 Å². The maximum atomic E-state index is 12.6. The van der Waals surface area contributed by atoms with E-state index in [9.17, 15) is 4.79 Å². The minimum atomic E-state index is -0.0537. The summed E-state index contributed by atoms with van der Waals surface area (Å²) in [6, 6.07) is 24.5. The van der Waals surface area contributed by atoms with Crippen molar-refractivity contribution in [2.24, 2.45) is 0 Å². The van der Waals surface area contributed by atoms with Crippen LogP contribution in [0.25, 0.3) is 33.2 Å². The van der Waals surface area contributed by atoms with E-state index in [1.807, 2.05) is 24.3 Å². The van der Waals surface area contributed by atoms with Crippen LogP contribution < -0.4 is 5.56 Å². The molecule has 25 heavy (non-hydrogen) atoms. The number of aromatic amines is 1. The van der Waals surface area contributed by atoms with Gasteiger partial charge in [0.25, 0.3) is 5.56 Å². The SMILES string of the molecule is Cc1ccc(-c2[nH]c(=O)c3ccccc3c2-c2ccc(C)cc2)cc1. The van der Waals surface area contributed by atoms with Gasteiger partial charge in [-0.05, 0) is 36.4 Å². The first-order valence-electron chi connectivity index (χ1n) is 8.42. The standard InChI is InChI=1S/C23H19NO/c1-15-7-11-17(12-8-15)21-19-5-3-4-6-20(19)23(25)24-22(21)18-13-9-16(2)10-14-18/h3-14H,1-2H3,(H,24,25). The monoisotopic (exact) mass is 325 g/mol. The highest BCUT2D eigenvalue weighted by atomic mass is 16.1. The molecule has 2 nitrogen and oxygen atoms in total. The normalized spacial score (nSPS) is 11.0. The molecule has 0 unspecified atom stereocenters. The lowest BCUT2D eigenvalue weighted by molar-refractivity contribution is 1.27. The van der Waals surface area contributed by atoms with E-state index < -0.39 is 0 Å². The largest absolute Gasteiger partial charge is 0.321 e. The highest BCUT2D eigenvalue weighted by molar-refractivity contribution is 6.02. The molecule has 1 heterocycles. The third-order valence-electron chi connectivity index (χ3n) is 4.61. The van der Waals surface area contributed by atoms with Gasteiger partial charge in [0, 0.05) is 10.9 Å². The van der Waals surface area contributed by atoms with E-state index in [0.717, 1.165) is 27.8 Å². The zero-order chi connectivity index (χ0) is 17.4. The Kier molecular flexibility index (Phi) is 3.73. The minimum absolute atomic E-state index is 0.0537. The molecule has 1 N–H and O–H groups in total. The van der Waals surface area contributed by atoms with Crippen molar-refractivity contribution in [3.05, 3.63) is 94.3 Å². The molecule has 4 rings (SSSR count). The summed E-state index contributed by atoms with van der Waals surface area (Å²) < 4.78 is 0. The number of hydrogen-bond acceptors (Lipinski definition) is 1. The van der Waals surface area contributed by atoms with Crippen LogP contribution in [0.5, 0.6) is 0 Å². The average Bonchev–Trinajstić information content (AvgIpc) is 2.63. The summed E-state index contributed by atoms with van der Waals surface area (Å²) in [5, 5.41) is 1.69. The van der Waals surface area contributed by atoms with Gasteiger partial charge >= 0.3 is 0 Å². The molecule has 0 saturated carbocycles. The van der Waals surface area contributed by atoms with Crippen molar-refractivity contribution in [2.45, 2.75) is 13.8 Å². The molecule has 4 aromatic rings. The molecular formula is C23H19NO. The number of aromatic nitrogens is 1. The molecule has 0 radical (unpaired) electrons. The molecule has 1 aromatic heterocycles. The first kappa shape index (κ1) is 15.4. The van der Waals surface area contributed by atoms with Crippen LogP contribution in [0.2, 0.25) is 0 Å². The van der Waals surface area contributed by atoms with E-state index >= 15 is 0 Å². The lowest BCUT2D eigenvalue weighted by Gasteiger charge is -2.14. The second kappa shape index (κ2) is 6.06. The number of pyridine rings is 1. The molecule has 0 aliphatic rings. The first-order chi connectivity index (χ1) is 12.1.